The molecule has 156 valence electrons. The summed E-state index contributed by atoms with van der Waals surface area (Å²) in [6, 6.07) is 9.03. The highest BCUT2D eigenvalue weighted by atomic mass is 19.3. The number of para-hydroxylation sites is 2. The van der Waals surface area contributed by atoms with Crippen molar-refractivity contribution in [1.82, 2.24) is 24.8 Å². The van der Waals surface area contributed by atoms with Gasteiger partial charge in [0.2, 0.25) is 5.95 Å². The molecule has 4 heterocycles. The average Bonchev–Trinajstić information content (AvgIpc) is 3.20. The van der Waals surface area contributed by atoms with Crippen molar-refractivity contribution in [2.45, 2.75) is 12.8 Å². The Morgan fingerprint density at radius 2 is 1.90 bits per heavy atom. The van der Waals surface area contributed by atoms with Gasteiger partial charge >= 0.3 is 0 Å². The number of nitrogens with zero attached hydrogens (tertiary/aromatic N) is 5. The largest absolute Gasteiger partial charge is 0.378 e. The topological polar surface area (TPSA) is 68.1 Å². The third-order valence-electron chi connectivity index (χ3n) is 5.41. The fraction of sp³-hybridized carbons (Fsp3) is 0.381. The van der Waals surface area contributed by atoms with Gasteiger partial charge in [-0.3, -0.25) is 4.57 Å². The molecule has 2 aliphatic rings. The molecule has 1 aromatic carbocycles. The normalized spacial score (nSPS) is 17.6. The van der Waals surface area contributed by atoms with Crippen molar-refractivity contribution in [1.29, 1.82) is 0 Å². The number of hydrogen-bond donors (Lipinski definition) is 1. The molecule has 0 aliphatic carbocycles. The zero-order chi connectivity index (χ0) is 20.5. The van der Waals surface area contributed by atoms with Crippen molar-refractivity contribution in [2.24, 2.45) is 0 Å². The fourth-order valence-electron chi connectivity index (χ4n) is 3.90. The Labute approximate surface area is 172 Å². The maximum Gasteiger partial charge on any atom is 0.296 e. The van der Waals surface area contributed by atoms with E-state index in [1.54, 1.807) is 24.3 Å². The minimum Gasteiger partial charge on any atom is -0.378 e. The van der Waals surface area contributed by atoms with Crippen molar-refractivity contribution in [3.05, 3.63) is 47.9 Å². The number of rotatable bonds is 4. The second kappa shape index (κ2) is 8.08. The van der Waals surface area contributed by atoms with E-state index in [9.17, 15) is 8.78 Å². The average molecular weight is 412 g/mol. The van der Waals surface area contributed by atoms with Crippen LogP contribution in [0.5, 0.6) is 0 Å². The highest BCUT2D eigenvalue weighted by Crippen LogP contribution is 2.29. The molecule has 0 saturated carbocycles. The van der Waals surface area contributed by atoms with Gasteiger partial charge in [0.25, 0.3) is 6.43 Å². The molecule has 0 atom stereocenters. The van der Waals surface area contributed by atoms with E-state index in [4.69, 9.17) is 14.7 Å². The van der Waals surface area contributed by atoms with Crippen LogP contribution in [0.3, 0.4) is 0 Å². The van der Waals surface area contributed by atoms with Crippen molar-refractivity contribution in [2.75, 3.05) is 44.3 Å². The first-order chi connectivity index (χ1) is 14.7. The Hall–Kier alpha value is -2.91. The Bertz CT molecular complexity index is 1090. The van der Waals surface area contributed by atoms with Gasteiger partial charge in [0.15, 0.2) is 5.82 Å². The van der Waals surface area contributed by atoms with Gasteiger partial charge in [0, 0.05) is 25.7 Å². The SMILES string of the molecule is FC(F)c1nc2ccccc2n1-c1nc(C2=CCNCC2)cc(N2CCOCC2)n1. The zero-order valence-electron chi connectivity index (χ0n) is 16.4. The lowest BCUT2D eigenvalue weighted by Gasteiger charge is -2.28. The Balaban J connectivity index is 1.70. The first-order valence-electron chi connectivity index (χ1n) is 10.1. The number of imidazole rings is 1. The lowest BCUT2D eigenvalue weighted by atomic mass is 10.1. The lowest BCUT2D eigenvalue weighted by molar-refractivity contribution is 0.122. The summed E-state index contributed by atoms with van der Waals surface area (Å²) in [6.45, 7) is 4.23. The van der Waals surface area contributed by atoms with Crippen LogP contribution in [0.2, 0.25) is 0 Å². The Morgan fingerprint density at radius 3 is 2.67 bits per heavy atom. The fourth-order valence-corrected chi connectivity index (χ4v) is 3.90. The highest BCUT2D eigenvalue weighted by Gasteiger charge is 2.24. The van der Waals surface area contributed by atoms with Crippen LogP contribution in [-0.4, -0.2) is 58.9 Å². The molecule has 2 aliphatic heterocycles. The maximum absolute atomic E-state index is 13.9. The first-order valence-corrected chi connectivity index (χ1v) is 10.1. The molecular weight excluding hydrogens is 390 g/mol. The van der Waals surface area contributed by atoms with E-state index in [1.165, 1.54) is 4.57 Å². The molecule has 1 fully saturated rings. The van der Waals surface area contributed by atoms with Crippen LogP contribution in [0.4, 0.5) is 14.6 Å². The molecular formula is C21H22F2N6O. The third kappa shape index (κ3) is 3.54. The van der Waals surface area contributed by atoms with Crippen LogP contribution >= 0.6 is 0 Å². The molecule has 5 rings (SSSR count). The number of hydrogen-bond acceptors (Lipinski definition) is 6. The molecule has 0 unspecified atom stereocenters. The minimum atomic E-state index is -2.74. The van der Waals surface area contributed by atoms with Gasteiger partial charge in [0.1, 0.15) is 5.82 Å². The number of anilines is 1. The summed E-state index contributed by atoms with van der Waals surface area (Å²) < 4.78 is 34.6. The van der Waals surface area contributed by atoms with Crippen LogP contribution < -0.4 is 10.2 Å². The summed E-state index contributed by atoms with van der Waals surface area (Å²) in [5.74, 6) is 0.591. The highest BCUT2D eigenvalue weighted by molar-refractivity contribution is 5.78. The van der Waals surface area contributed by atoms with E-state index in [2.05, 4.69) is 21.3 Å². The van der Waals surface area contributed by atoms with Crippen molar-refractivity contribution >= 4 is 22.4 Å². The summed E-state index contributed by atoms with van der Waals surface area (Å²) in [5.41, 5.74) is 2.92. The second-order valence-corrected chi connectivity index (χ2v) is 7.29. The van der Waals surface area contributed by atoms with E-state index in [0.717, 1.165) is 36.6 Å². The van der Waals surface area contributed by atoms with Crippen molar-refractivity contribution < 1.29 is 13.5 Å². The van der Waals surface area contributed by atoms with E-state index >= 15 is 0 Å². The lowest BCUT2D eigenvalue weighted by Crippen LogP contribution is -2.37. The number of alkyl halides is 2. The molecule has 0 bridgehead atoms. The van der Waals surface area contributed by atoms with Crippen LogP contribution in [0.1, 0.15) is 24.4 Å². The summed E-state index contributed by atoms with van der Waals surface area (Å²) in [4.78, 5) is 15.7. The number of benzene rings is 1. The quantitative estimate of drug-likeness (QED) is 0.711. The van der Waals surface area contributed by atoms with E-state index in [1.807, 2.05) is 6.07 Å². The molecule has 1 saturated heterocycles. The van der Waals surface area contributed by atoms with Gasteiger partial charge in [-0.15, -0.1) is 0 Å². The molecule has 7 nitrogen and oxygen atoms in total. The standard InChI is InChI=1S/C21H22F2N6O/c22-19(23)20-25-15-3-1-2-4-17(15)29(20)21-26-16(14-5-7-24-8-6-14)13-18(27-21)28-9-11-30-12-10-28/h1-5,13,19,24H,6-12H2. The maximum atomic E-state index is 13.9. The van der Waals surface area contributed by atoms with E-state index in [-0.39, 0.29) is 11.8 Å². The van der Waals surface area contributed by atoms with E-state index < -0.39 is 6.43 Å². The number of halogens is 2. The Kier molecular flexibility index (Phi) is 5.14. The number of morpholine rings is 1. The predicted molar refractivity (Wildman–Crippen MR) is 110 cm³/mol. The van der Waals surface area contributed by atoms with Gasteiger partial charge in [-0.05, 0) is 30.7 Å². The summed E-state index contributed by atoms with van der Waals surface area (Å²) in [7, 11) is 0. The molecule has 9 heteroatoms. The second-order valence-electron chi connectivity index (χ2n) is 7.29. The summed E-state index contributed by atoms with van der Waals surface area (Å²) in [6.07, 6.45) is 0.180. The zero-order valence-corrected chi connectivity index (χ0v) is 16.4. The van der Waals surface area contributed by atoms with Gasteiger partial charge in [-0.2, -0.15) is 4.98 Å². The summed E-state index contributed by atoms with van der Waals surface area (Å²) in [5, 5.41) is 3.29. The molecule has 3 aromatic rings. The smallest absolute Gasteiger partial charge is 0.296 e. The third-order valence-corrected chi connectivity index (χ3v) is 5.41. The minimum absolute atomic E-state index is 0.220. The monoisotopic (exact) mass is 412 g/mol. The van der Waals surface area contributed by atoms with Crippen molar-refractivity contribution in [3.8, 4) is 5.95 Å². The molecule has 0 radical (unpaired) electrons. The number of aromatic nitrogens is 4. The van der Waals surface area contributed by atoms with Crippen LogP contribution in [0.25, 0.3) is 22.6 Å². The van der Waals surface area contributed by atoms with Gasteiger partial charge in [0.05, 0.1) is 29.9 Å². The molecule has 0 amide bonds. The number of nitrogens with one attached hydrogen (secondary N) is 1. The van der Waals surface area contributed by atoms with E-state index in [0.29, 0.717) is 37.3 Å². The number of ether oxygens (including phenoxy) is 1. The number of fused-ring (bicyclic) bond motifs is 1. The van der Waals surface area contributed by atoms with Crippen molar-refractivity contribution in [3.63, 3.8) is 0 Å². The van der Waals surface area contributed by atoms with Gasteiger partial charge in [-0.1, -0.05) is 18.2 Å². The first kappa shape index (κ1) is 19.1. The molecule has 1 N–H and O–H groups in total. The van der Waals surface area contributed by atoms with Gasteiger partial charge < -0.3 is 15.0 Å². The Morgan fingerprint density at radius 1 is 1.07 bits per heavy atom. The van der Waals surface area contributed by atoms with Crippen LogP contribution in [0, 0.1) is 0 Å². The van der Waals surface area contributed by atoms with Gasteiger partial charge in [-0.25, -0.2) is 18.7 Å². The van der Waals surface area contributed by atoms with Crippen LogP contribution in [-0.2, 0) is 4.74 Å². The molecule has 30 heavy (non-hydrogen) atoms. The van der Waals surface area contributed by atoms with Crippen LogP contribution in [0.15, 0.2) is 36.4 Å². The summed E-state index contributed by atoms with van der Waals surface area (Å²) >= 11 is 0. The predicted octanol–water partition coefficient (Wildman–Crippen LogP) is 2.97. The molecule has 2 aromatic heterocycles. The molecule has 0 spiro atoms.